The molecule has 0 fully saturated rings. The molecule has 0 rings (SSSR count). The van der Waals surface area contributed by atoms with Crippen LogP contribution in [0.5, 0.6) is 0 Å². The number of rotatable bonds is 0. The van der Waals surface area contributed by atoms with Gasteiger partial charge in [-0.1, -0.05) is 0 Å². The predicted octanol–water partition coefficient (Wildman–Crippen LogP) is -0.589. The number of hydrogen-bond acceptors (Lipinski definition) is 5. The van der Waals surface area contributed by atoms with Crippen LogP contribution in [0, 0.1) is 25.4 Å². The van der Waals surface area contributed by atoms with Gasteiger partial charge in [-0.05, 0) is 0 Å². The third kappa shape index (κ3) is 206. The Morgan fingerprint density at radius 3 is 1.11 bits per heavy atom. The molecule has 0 atom stereocenters. The maximum absolute atomic E-state index is 8.36. The second-order valence-corrected chi connectivity index (χ2v) is 0.461. The van der Waals surface area contributed by atoms with Crippen LogP contribution in [-0.2, 0) is 20.4 Å². The van der Waals surface area contributed by atoms with E-state index in [1.807, 2.05) is 0 Å². The van der Waals surface area contributed by atoms with E-state index in [9.17, 15) is 0 Å². The Bertz CT molecular complexity index is 69.1. The minimum Gasteiger partial charge on any atom is -0.356 e. The van der Waals surface area contributed by atoms with E-state index in [4.69, 9.17) is 30.6 Å². The minimum atomic E-state index is -1.75. The van der Waals surface area contributed by atoms with Crippen LogP contribution >= 0.6 is 0 Å². The summed E-state index contributed by atoms with van der Waals surface area (Å²) in [5, 5.41) is 28.4. The van der Waals surface area contributed by atoms with Gasteiger partial charge in [-0.25, -0.2) is 0 Å². The van der Waals surface area contributed by atoms with Crippen molar-refractivity contribution in [3.05, 3.63) is 25.4 Å². The minimum absolute atomic E-state index is 0. The summed E-state index contributed by atoms with van der Waals surface area (Å²) in [5.41, 5.74) is 0. The normalized spacial score (nSPS) is 5.33. The van der Waals surface area contributed by atoms with Crippen molar-refractivity contribution in [1.29, 1.82) is 0 Å². The van der Waals surface area contributed by atoms with Gasteiger partial charge in [0.1, 0.15) is 0 Å². The molecule has 0 saturated carbocycles. The van der Waals surface area contributed by atoms with Crippen molar-refractivity contribution in [3.8, 4) is 0 Å². The second-order valence-electron chi connectivity index (χ2n) is 0.461. The summed E-state index contributed by atoms with van der Waals surface area (Å²) in [5.74, 6) is 0. The first-order valence-corrected chi connectivity index (χ1v) is 1.11. The van der Waals surface area contributed by atoms with E-state index in [1.54, 1.807) is 0 Å². The van der Waals surface area contributed by atoms with Crippen molar-refractivity contribution in [2.75, 3.05) is 0 Å². The molecule has 0 aliphatic rings. The average Bonchev–Trinajstić information content (AvgIpc) is 1.25. The summed E-state index contributed by atoms with van der Waals surface area (Å²) in [6.45, 7) is 0. The molecule has 0 unspecified atom stereocenters. The molecule has 0 aromatic heterocycles. The molecule has 0 aromatic rings. The van der Waals surface area contributed by atoms with E-state index >= 15 is 0 Å². The van der Waals surface area contributed by atoms with Gasteiger partial charge >= 0.3 is 0 Å². The fourth-order valence-electron chi connectivity index (χ4n) is 0. The van der Waals surface area contributed by atoms with Crippen molar-refractivity contribution in [2.24, 2.45) is 0 Å². The van der Waals surface area contributed by atoms with Crippen molar-refractivity contribution in [3.63, 3.8) is 0 Å². The van der Waals surface area contributed by atoms with Crippen LogP contribution in [0.25, 0.3) is 0 Å². The zero-order valence-corrected chi connectivity index (χ0v) is 5.25. The molecule has 0 bridgehead atoms. The van der Waals surface area contributed by atoms with Crippen LogP contribution in [0.2, 0.25) is 0 Å². The third-order valence-electron chi connectivity index (χ3n) is 0. The molecule has 0 amide bonds. The zero-order chi connectivity index (χ0) is 7.15. The van der Waals surface area contributed by atoms with Gasteiger partial charge in [-0.15, -0.1) is 10.1 Å². The van der Waals surface area contributed by atoms with Crippen LogP contribution in [0.4, 0.5) is 0 Å². The smallest absolute Gasteiger partial charge is 0.291 e. The van der Waals surface area contributed by atoms with Gasteiger partial charge in [0.25, 0.3) is 5.09 Å². The molecule has 0 aromatic carbocycles. The molecule has 0 saturated heterocycles. The standard InChI is InChI=1S/HNO3.NO3.Pd/c2*2-1(3)4;/h(H,2,3,4);;/q;-1;. The van der Waals surface area contributed by atoms with Crippen LogP contribution in [-0.4, -0.2) is 15.4 Å². The molecule has 0 aliphatic heterocycles. The number of hydrogen-bond donors (Lipinski definition) is 1. The first-order chi connectivity index (χ1) is 3.46. The molecule has 9 heavy (non-hydrogen) atoms. The van der Waals surface area contributed by atoms with Crippen LogP contribution in [0.15, 0.2) is 0 Å². The number of nitrogens with zero attached hydrogens (tertiary/aromatic N) is 2. The Hall–Kier alpha value is -0.938. The van der Waals surface area contributed by atoms with Gasteiger partial charge in [-0.3, -0.25) is 0 Å². The molecule has 0 radical (unpaired) electrons. The van der Waals surface area contributed by atoms with E-state index in [-0.39, 0.29) is 20.4 Å². The van der Waals surface area contributed by atoms with Crippen LogP contribution in [0.3, 0.4) is 0 Å². The molecule has 0 heterocycles. The maximum Gasteiger partial charge on any atom is 0.291 e. The first-order valence-electron chi connectivity index (χ1n) is 1.11. The topological polar surface area (TPSA) is 130 Å². The van der Waals surface area contributed by atoms with E-state index in [1.165, 1.54) is 0 Å². The SMILES string of the molecule is O=[N+]([O-])O.O=[N+]([O-])[O-].[Pd]. The van der Waals surface area contributed by atoms with Crippen molar-refractivity contribution in [2.45, 2.75) is 0 Å². The summed E-state index contributed by atoms with van der Waals surface area (Å²) >= 11 is 0. The second kappa shape index (κ2) is 10.1. The van der Waals surface area contributed by atoms with Crippen molar-refractivity contribution >= 4 is 0 Å². The van der Waals surface area contributed by atoms with Gasteiger partial charge in [0.15, 0.2) is 0 Å². The Kier molecular flexibility index (Phi) is 17.7. The fraction of sp³-hybridized carbons (Fsp3) is 0. The predicted molar refractivity (Wildman–Crippen MR) is 19.1 cm³/mol. The van der Waals surface area contributed by atoms with E-state index in [0.717, 1.165) is 0 Å². The fourth-order valence-corrected chi connectivity index (χ4v) is 0. The summed E-state index contributed by atoms with van der Waals surface area (Å²) in [4.78, 5) is 16.6. The van der Waals surface area contributed by atoms with E-state index in [0.29, 0.717) is 0 Å². The van der Waals surface area contributed by atoms with Crippen LogP contribution in [0.1, 0.15) is 0 Å². The summed E-state index contributed by atoms with van der Waals surface area (Å²) in [6.07, 6.45) is 0. The first kappa shape index (κ1) is 15.7. The molecule has 9 heteroatoms. The van der Waals surface area contributed by atoms with Gasteiger partial charge in [0, 0.05) is 20.4 Å². The Morgan fingerprint density at radius 2 is 1.11 bits per heavy atom. The Labute approximate surface area is 62.0 Å². The zero-order valence-electron chi connectivity index (χ0n) is 3.70. The molecular weight excluding hydrogens is 230 g/mol. The van der Waals surface area contributed by atoms with Gasteiger partial charge in [0.2, 0.25) is 0 Å². The Balaban J connectivity index is -0.0000000720. The largest absolute Gasteiger partial charge is 0.356 e. The van der Waals surface area contributed by atoms with Crippen molar-refractivity contribution in [1.82, 2.24) is 0 Å². The monoisotopic (exact) mass is 231 g/mol. The summed E-state index contributed by atoms with van der Waals surface area (Å²) in [7, 11) is 0. The van der Waals surface area contributed by atoms with E-state index in [2.05, 4.69) is 0 Å². The molecule has 58 valence electrons. The maximum atomic E-state index is 8.36. The molecular formula is HN2O6Pd-. The van der Waals surface area contributed by atoms with Gasteiger partial charge < -0.3 is 20.5 Å². The average molecular weight is 231 g/mol. The van der Waals surface area contributed by atoms with Gasteiger partial charge in [-0.2, -0.15) is 0 Å². The van der Waals surface area contributed by atoms with E-state index < -0.39 is 10.2 Å². The third-order valence-corrected chi connectivity index (χ3v) is 0. The molecule has 0 spiro atoms. The molecule has 8 nitrogen and oxygen atoms in total. The quantitative estimate of drug-likeness (QED) is 0.337. The van der Waals surface area contributed by atoms with Gasteiger partial charge in [0.05, 0.1) is 5.09 Å². The van der Waals surface area contributed by atoms with Crippen molar-refractivity contribution < 1.29 is 35.8 Å². The Morgan fingerprint density at radius 1 is 1.11 bits per heavy atom. The molecule has 0 aliphatic carbocycles. The van der Waals surface area contributed by atoms with Crippen LogP contribution < -0.4 is 0 Å². The summed E-state index contributed by atoms with van der Waals surface area (Å²) < 4.78 is 0. The molecule has 1 N–H and O–H groups in total. The summed E-state index contributed by atoms with van der Waals surface area (Å²) in [6, 6.07) is 0.